The molecule has 0 aromatic heterocycles. The molecule has 4 N–H and O–H groups in total. The molecule has 0 radical (unpaired) electrons. The third-order valence-corrected chi connectivity index (χ3v) is 3.95. The zero-order chi connectivity index (χ0) is 12.0. The minimum atomic E-state index is -0.138. The highest BCUT2D eigenvalue weighted by Crippen LogP contribution is 2.31. The van der Waals surface area contributed by atoms with Gasteiger partial charge in [-0.1, -0.05) is 0 Å². The van der Waals surface area contributed by atoms with Gasteiger partial charge in [0, 0.05) is 29.3 Å². The summed E-state index contributed by atoms with van der Waals surface area (Å²) in [5.41, 5.74) is 7.71. The molecule has 6 heteroatoms. The second-order valence-corrected chi connectivity index (χ2v) is 4.94. The number of benzene rings is 1. The minimum Gasteiger partial charge on any atom is -0.504 e. The van der Waals surface area contributed by atoms with E-state index in [4.69, 9.17) is 5.73 Å². The number of nitrogen functional groups attached to an aromatic ring is 1. The van der Waals surface area contributed by atoms with Crippen molar-refractivity contribution in [2.45, 2.75) is 4.90 Å². The Labute approximate surface area is 101 Å². The van der Waals surface area contributed by atoms with Crippen LogP contribution in [-0.2, 0) is 0 Å². The minimum absolute atomic E-state index is 0.0658. The van der Waals surface area contributed by atoms with Gasteiger partial charge < -0.3 is 15.9 Å². The van der Waals surface area contributed by atoms with E-state index in [0.717, 1.165) is 10.6 Å². The monoisotopic (exact) mass is 249 g/mol. The summed E-state index contributed by atoms with van der Waals surface area (Å²) in [4.78, 5) is 9.18. The second kappa shape index (κ2) is 3.75. The van der Waals surface area contributed by atoms with Crippen LogP contribution in [0.2, 0.25) is 0 Å². The molecule has 88 valence electrons. The largest absolute Gasteiger partial charge is 0.504 e. The van der Waals surface area contributed by atoms with Gasteiger partial charge in [0.15, 0.2) is 5.75 Å². The molecule has 0 fully saturated rings. The van der Waals surface area contributed by atoms with Gasteiger partial charge in [-0.15, -0.1) is 11.8 Å². The molecule has 3 rings (SSSR count). The predicted molar refractivity (Wildman–Crippen MR) is 67.5 cm³/mol. The van der Waals surface area contributed by atoms with Crippen molar-refractivity contribution in [2.24, 2.45) is 9.98 Å². The normalized spacial score (nSPS) is 16.6. The molecule has 0 amide bonds. The number of aliphatic imine (C=N–C) groups is 1. The van der Waals surface area contributed by atoms with E-state index in [2.05, 4.69) is 9.98 Å². The Hall–Kier alpha value is -1.53. The Kier molecular flexibility index (Phi) is 2.34. The summed E-state index contributed by atoms with van der Waals surface area (Å²) in [6.07, 6.45) is 1.54. The lowest BCUT2D eigenvalue weighted by molar-refractivity contribution is 0.352. The zero-order valence-electron chi connectivity index (χ0n) is 8.97. The molecule has 2 aliphatic heterocycles. The number of hydrogen-bond donors (Lipinski definition) is 3. The van der Waals surface area contributed by atoms with Crippen LogP contribution in [0, 0.1) is 0 Å². The zero-order valence-corrected chi connectivity index (χ0v) is 9.79. The fourth-order valence-corrected chi connectivity index (χ4v) is 3.02. The molecule has 0 atom stereocenters. The summed E-state index contributed by atoms with van der Waals surface area (Å²) in [6, 6.07) is 0. The first kappa shape index (κ1) is 10.6. The molecule has 2 heterocycles. The van der Waals surface area contributed by atoms with Gasteiger partial charge in [0.2, 0.25) is 0 Å². The van der Waals surface area contributed by atoms with E-state index in [-0.39, 0.29) is 12.4 Å². The van der Waals surface area contributed by atoms with Crippen LogP contribution in [-0.4, -0.2) is 35.3 Å². The van der Waals surface area contributed by atoms with Crippen LogP contribution < -0.4 is 16.3 Å². The van der Waals surface area contributed by atoms with E-state index in [1.165, 1.54) is 6.21 Å². The number of phenolic OH excluding ortho intramolecular Hbond substituents is 1. The van der Waals surface area contributed by atoms with Crippen LogP contribution in [0.3, 0.4) is 0 Å². The molecule has 2 aliphatic rings. The summed E-state index contributed by atoms with van der Waals surface area (Å²) in [5.74, 6) is 0.918. The Morgan fingerprint density at radius 1 is 1.47 bits per heavy atom. The molecule has 17 heavy (non-hydrogen) atoms. The van der Waals surface area contributed by atoms with E-state index in [1.807, 2.05) is 0 Å². The van der Waals surface area contributed by atoms with Crippen molar-refractivity contribution < 1.29 is 10.2 Å². The molecule has 0 bridgehead atoms. The summed E-state index contributed by atoms with van der Waals surface area (Å²) in [5, 5.41) is 20.5. The number of nitrogens with two attached hydrogens (primary N) is 1. The lowest BCUT2D eigenvalue weighted by Crippen LogP contribution is -2.23. The molecule has 0 unspecified atom stereocenters. The van der Waals surface area contributed by atoms with Crippen molar-refractivity contribution in [3.63, 3.8) is 0 Å². The smallest absolute Gasteiger partial charge is 0.168 e. The van der Waals surface area contributed by atoms with Crippen molar-refractivity contribution in [1.82, 2.24) is 0 Å². The standard InChI is InChI=1S/C11H11N3O2S/c12-7-6-5(4-15)3-14-8(6)10(16)9-11(7)17-2-1-13-9/h3,15-16H,1-2,4,12H2. The molecular formula is C11H11N3O2S. The fourth-order valence-electron chi connectivity index (χ4n) is 2.08. The van der Waals surface area contributed by atoms with Gasteiger partial charge in [0.1, 0.15) is 11.0 Å². The molecular weight excluding hydrogens is 238 g/mol. The van der Waals surface area contributed by atoms with Gasteiger partial charge in [-0.25, -0.2) is 0 Å². The third kappa shape index (κ3) is 1.37. The number of anilines is 1. The van der Waals surface area contributed by atoms with Crippen LogP contribution in [0.1, 0.15) is 0 Å². The van der Waals surface area contributed by atoms with Gasteiger partial charge in [0.05, 0.1) is 17.2 Å². The van der Waals surface area contributed by atoms with Gasteiger partial charge >= 0.3 is 0 Å². The molecule has 1 aromatic rings. The fraction of sp³-hybridized carbons (Fsp3) is 0.273. The van der Waals surface area contributed by atoms with Crippen LogP contribution in [0.5, 0.6) is 5.75 Å². The first-order valence-electron chi connectivity index (χ1n) is 5.24. The van der Waals surface area contributed by atoms with Crippen molar-refractivity contribution in [3.8, 4) is 5.75 Å². The van der Waals surface area contributed by atoms with Gasteiger partial charge in [-0.2, -0.15) is 0 Å². The topological polar surface area (TPSA) is 91.2 Å². The maximum atomic E-state index is 10.1. The number of rotatable bonds is 1. The first-order valence-corrected chi connectivity index (χ1v) is 6.22. The van der Waals surface area contributed by atoms with E-state index in [0.29, 0.717) is 34.1 Å². The summed E-state index contributed by atoms with van der Waals surface area (Å²) >= 11 is 1.58. The van der Waals surface area contributed by atoms with E-state index >= 15 is 0 Å². The van der Waals surface area contributed by atoms with E-state index in [1.54, 1.807) is 11.8 Å². The van der Waals surface area contributed by atoms with Crippen molar-refractivity contribution in [1.29, 1.82) is 0 Å². The molecule has 0 saturated heterocycles. The molecule has 1 aromatic carbocycles. The predicted octanol–water partition coefficient (Wildman–Crippen LogP) is -0.441. The molecule has 0 aliphatic carbocycles. The Balaban J connectivity index is 2.50. The summed E-state index contributed by atoms with van der Waals surface area (Å²) in [6.45, 7) is 0.532. The SMILES string of the molecule is Nc1c2c(c(O)c3c1=C(CO)C=N3)=NCCS2. The van der Waals surface area contributed by atoms with Gasteiger partial charge in [-0.05, 0) is 0 Å². The lowest BCUT2D eigenvalue weighted by atomic mass is 10.1. The highest BCUT2D eigenvalue weighted by atomic mass is 32.2. The molecule has 5 nitrogen and oxygen atoms in total. The maximum Gasteiger partial charge on any atom is 0.168 e. The summed E-state index contributed by atoms with van der Waals surface area (Å²) < 4.78 is 0. The van der Waals surface area contributed by atoms with Crippen LogP contribution >= 0.6 is 11.8 Å². The average molecular weight is 249 g/mol. The maximum absolute atomic E-state index is 10.1. The third-order valence-electron chi connectivity index (χ3n) is 2.86. The van der Waals surface area contributed by atoms with Gasteiger partial charge in [0.25, 0.3) is 0 Å². The molecule has 0 saturated carbocycles. The highest BCUT2D eigenvalue weighted by Gasteiger charge is 2.21. The highest BCUT2D eigenvalue weighted by molar-refractivity contribution is 7.99. The Morgan fingerprint density at radius 2 is 2.29 bits per heavy atom. The van der Waals surface area contributed by atoms with Crippen molar-refractivity contribution in [3.05, 3.63) is 10.6 Å². The Morgan fingerprint density at radius 3 is 3.06 bits per heavy atom. The quantitative estimate of drug-likeness (QED) is 0.465. The average Bonchev–Trinajstić information content (AvgIpc) is 2.80. The van der Waals surface area contributed by atoms with Crippen molar-refractivity contribution in [2.75, 3.05) is 24.6 Å². The number of thioether (sulfide) groups is 1. The second-order valence-electron chi connectivity index (χ2n) is 3.84. The van der Waals surface area contributed by atoms with Crippen LogP contribution in [0.25, 0.3) is 5.57 Å². The number of aliphatic hydroxyl groups excluding tert-OH is 1. The number of aliphatic hydroxyl groups is 1. The number of nitrogens with zero attached hydrogens (tertiary/aromatic N) is 2. The van der Waals surface area contributed by atoms with Crippen LogP contribution in [0.4, 0.5) is 11.4 Å². The number of aromatic hydroxyl groups is 1. The van der Waals surface area contributed by atoms with Crippen LogP contribution in [0.15, 0.2) is 14.9 Å². The number of fused-ring (bicyclic) bond motifs is 2. The van der Waals surface area contributed by atoms with E-state index in [9.17, 15) is 10.2 Å². The number of phenols is 1. The molecule has 0 spiro atoms. The lowest BCUT2D eigenvalue weighted by Gasteiger charge is -2.13. The number of hydrogen-bond acceptors (Lipinski definition) is 6. The van der Waals surface area contributed by atoms with Gasteiger partial charge in [-0.3, -0.25) is 9.98 Å². The van der Waals surface area contributed by atoms with E-state index < -0.39 is 0 Å². The first-order chi connectivity index (χ1) is 8.24. The van der Waals surface area contributed by atoms with Crippen molar-refractivity contribution >= 4 is 34.9 Å². The summed E-state index contributed by atoms with van der Waals surface area (Å²) in [7, 11) is 0. The Bertz CT molecular complexity index is 652.